The van der Waals surface area contributed by atoms with Crippen molar-refractivity contribution in [3.63, 3.8) is 0 Å². The normalized spacial score (nSPS) is 16.1. The van der Waals surface area contributed by atoms with E-state index in [9.17, 15) is 18.8 Å². The number of anilines is 1. The van der Waals surface area contributed by atoms with Crippen LogP contribution in [0.2, 0.25) is 10.0 Å². The van der Waals surface area contributed by atoms with E-state index in [-0.39, 0.29) is 22.1 Å². The van der Waals surface area contributed by atoms with Crippen LogP contribution in [-0.2, 0) is 9.59 Å². The van der Waals surface area contributed by atoms with Crippen molar-refractivity contribution in [1.29, 1.82) is 0 Å². The third-order valence-electron chi connectivity index (χ3n) is 4.32. The maximum absolute atomic E-state index is 13.0. The molecular weight excluding hydrogens is 454 g/mol. The van der Waals surface area contributed by atoms with Gasteiger partial charge in [0.2, 0.25) is 5.91 Å². The zero-order chi connectivity index (χ0) is 22.0. The van der Waals surface area contributed by atoms with Crippen molar-refractivity contribution in [2.45, 2.75) is 12.5 Å². The van der Waals surface area contributed by atoms with Crippen LogP contribution in [0.1, 0.15) is 16.8 Å². The van der Waals surface area contributed by atoms with E-state index in [1.807, 2.05) is 0 Å². The van der Waals surface area contributed by atoms with Crippen molar-refractivity contribution in [2.24, 2.45) is 0 Å². The minimum atomic E-state index is -1.06. The lowest BCUT2D eigenvalue weighted by Gasteiger charge is -2.24. The van der Waals surface area contributed by atoms with Crippen LogP contribution in [-0.4, -0.2) is 45.8 Å². The number of benzene rings is 2. The van der Waals surface area contributed by atoms with Crippen LogP contribution >= 0.6 is 35.4 Å². The maximum Gasteiger partial charge on any atom is 0.271 e. The molecule has 1 atom stereocenters. The number of halogens is 3. The van der Waals surface area contributed by atoms with E-state index in [0.717, 1.165) is 9.91 Å². The van der Waals surface area contributed by atoms with Gasteiger partial charge in [0.05, 0.1) is 17.0 Å². The molecule has 11 heteroatoms. The molecule has 2 aromatic rings. The van der Waals surface area contributed by atoms with Gasteiger partial charge in [-0.05, 0) is 54.7 Å². The van der Waals surface area contributed by atoms with Crippen molar-refractivity contribution < 1.29 is 18.8 Å². The SMILES string of the molecule is CN1C(=O)C(CC(=O)Nc2ccc(F)cc2)N(NC(=O)c2ccc(Cl)cc2Cl)C1=S. The number of nitrogens with one attached hydrogen (secondary N) is 2. The first-order chi connectivity index (χ1) is 14.2. The van der Waals surface area contributed by atoms with Crippen LogP contribution in [0.4, 0.5) is 10.1 Å². The molecule has 7 nitrogen and oxygen atoms in total. The molecule has 1 heterocycles. The summed E-state index contributed by atoms with van der Waals surface area (Å²) in [6.45, 7) is 0. The molecule has 0 aromatic heterocycles. The number of nitrogens with zero attached hydrogens (tertiary/aromatic N) is 2. The Bertz CT molecular complexity index is 1030. The summed E-state index contributed by atoms with van der Waals surface area (Å²) in [5.41, 5.74) is 3.02. The predicted octanol–water partition coefficient (Wildman–Crippen LogP) is 3.23. The minimum absolute atomic E-state index is 0.0259. The van der Waals surface area contributed by atoms with Gasteiger partial charge in [-0.3, -0.25) is 24.7 Å². The quantitative estimate of drug-likeness (QED) is 0.658. The fourth-order valence-electron chi connectivity index (χ4n) is 2.79. The first kappa shape index (κ1) is 21.9. The molecule has 0 saturated carbocycles. The summed E-state index contributed by atoms with van der Waals surface area (Å²) in [6, 6.07) is 8.45. The Morgan fingerprint density at radius 1 is 1.17 bits per heavy atom. The largest absolute Gasteiger partial charge is 0.326 e. The Labute approximate surface area is 186 Å². The van der Waals surface area contributed by atoms with E-state index >= 15 is 0 Å². The molecule has 3 rings (SSSR count). The number of likely N-dealkylation sites (N-methyl/N-ethyl adjacent to an activating group) is 1. The number of hydrogen-bond acceptors (Lipinski definition) is 4. The zero-order valence-corrected chi connectivity index (χ0v) is 17.8. The van der Waals surface area contributed by atoms with E-state index in [1.165, 1.54) is 49.5 Å². The number of carbonyl (C=O) groups excluding carboxylic acids is 3. The van der Waals surface area contributed by atoms with Gasteiger partial charge in [0.25, 0.3) is 11.8 Å². The summed E-state index contributed by atoms with van der Waals surface area (Å²) < 4.78 is 13.0. The number of carbonyl (C=O) groups is 3. The van der Waals surface area contributed by atoms with Gasteiger partial charge in [-0.1, -0.05) is 23.2 Å². The predicted molar refractivity (Wildman–Crippen MR) is 115 cm³/mol. The summed E-state index contributed by atoms with van der Waals surface area (Å²) >= 11 is 17.1. The molecule has 1 aliphatic rings. The Hall–Kier alpha value is -2.75. The van der Waals surface area contributed by atoms with Gasteiger partial charge in [-0.15, -0.1) is 0 Å². The molecule has 30 heavy (non-hydrogen) atoms. The molecule has 2 aromatic carbocycles. The van der Waals surface area contributed by atoms with Gasteiger partial charge >= 0.3 is 0 Å². The average molecular weight is 469 g/mol. The average Bonchev–Trinajstić information content (AvgIpc) is 2.88. The molecule has 0 spiro atoms. The Balaban J connectivity index is 1.75. The number of amides is 3. The Kier molecular flexibility index (Phi) is 6.55. The van der Waals surface area contributed by atoms with Crippen molar-refractivity contribution in [1.82, 2.24) is 15.3 Å². The molecule has 1 aliphatic heterocycles. The summed E-state index contributed by atoms with van der Waals surface area (Å²) in [7, 11) is 1.44. The zero-order valence-electron chi connectivity index (χ0n) is 15.5. The summed E-state index contributed by atoms with van der Waals surface area (Å²) in [6.07, 6.45) is -0.296. The lowest BCUT2D eigenvalue weighted by Crippen LogP contribution is -2.49. The molecule has 1 saturated heterocycles. The third kappa shape index (κ3) is 4.69. The van der Waals surface area contributed by atoms with Crippen LogP contribution in [0.15, 0.2) is 42.5 Å². The molecule has 0 radical (unpaired) electrons. The molecule has 1 unspecified atom stereocenters. The first-order valence-corrected chi connectivity index (χ1v) is 9.76. The van der Waals surface area contributed by atoms with Gasteiger partial charge in [0.15, 0.2) is 5.11 Å². The van der Waals surface area contributed by atoms with Crippen LogP contribution in [0.3, 0.4) is 0 Å². The van der Waals surface area contributed by atoms with Gasteiger partial charge in [0.1, 0.15) is 11.9 Å². The second kappa shape index (κ2) is 8.95. The standard InChI is InChI=1S/C19H15Cl2FN4O3S/c1-25-18(29)15(9-16(27)23-12-5-3-11(22)4-6-12)26(19(25)30)24-17(28)13-7-2-10(20)8-14(13)21/h2-8,15H,9H2,1H3,(H,23,27)(H,24,28). The number of hydrogen-bond donors (Lipinski definition) is 2. The molecule has 156 valence electrons. The fraction of sp³-hybridized carbons (Fsp3) is 0.158. The van der Waals surface area contributed by atoms with Crippen LogP contribution in [0.5, 0.6) is 0 Å². The van der Waals surface area contributed by atoms with Crippen LogP contribution in [0.25, 0.3) is 0 Å². The first-order valence-electron chi connectivity index (χ1n) is 8.59. The molecule has 3 amide bonds. The monoisotopic (exact) mass is 468 g/mol. The van der Waals surface area contributed by atoms with Crippen molar-refractivity contribution in [3.05, 3.63) is 63.9 Å². The van der Waals surface area contributed by atoms with Gasteiger partial charge in [-0.2, -0.15) is 0 Å². The number of thiocarbonyl (C=S) groups is 1. The fourth-order valence-corrected chi connectivity index (χ4v) is 3.55. The highest BCUT2D eigenvalue weighted by Gasteiger charge is 2.43. The minimum Gasteiger partial charge on any atom is -0.326 e. The lowest BCUT2D eigenvalue weighted by atomic mass is 10.2. The smallest absolute Gasteiger partial charge is 0.271 e. The van der Waals surface area contributed by atoms with Gasteiger partial charge < -0.3 is 5.32 Å². The molecule has 0 bridgehead atoms. The third-order valence-corrected chi connectivity index (χ3v) is 5.34. The topological polar surface area (TPSA) is 81.8 Å². The Morgan fingerprint density at radius 3 is 2.47 bits per heavy atom. The second-order valence-corrected chi connectivity index (χ2v) is 7.60. The highest BCUT2D eigenvalue weighted by molar-refractivity contribution is 7.80. The second-order valence-electron chi connectivity index (χ2n) is 6.39. The molecule has 0 aliphatic carbocycles. The summed E-state index contributed by atoms with van der Waals surface area (Å²) in [4.78, 5) is 38.8. The maximum atomic E-state index is 13.0. The van der Waals surface area contributed by atoms with Crippen molar-refractivity contribution in [2.75, 3.05) is 12.4 Å². The van der Waals surface area contributed by atoms with E-state index < -0.39 is 29.6 Å². The molecule has 1 fully saturated rings. The van der Waals surface area contributed by atoms with Crippen LogP contribution < -0.4 is 10.7 Å². The van der Waals surface area contributed by atoms with E-state index in [4.69, 9.17) is 35.4 Å². The number of rotatable bonds is 5. The summed E-state index contributed by atoms with van der Waals surface area (Å²) in [5.74, 6) is -2.04. The van der Waals surface area contributed by atoms with Crippen molar-refractivity contribution >= 4 is 63.9 Å². The van der Waals surface area contributed by atoms with E-state index in [1.54, 1.807) is 0 Å². The molecular formula is C19H15Cl2FN4O3S. The van der Waals surface area contributed by atoms with E-state index in [0.29, 0.717) is 10.7 Å². The van der Waals surface area contributed by atoms with E-state index in [2.05, 4.69) is 10.7 Å². The lowest BCUT2D eigenvalue weighted by molar-refractivity contribution is -0.130. The highest BCUT2D eigenvalue weighted by atomic mass is 35.5. The molecule has 2 N–H and O–H groups in total. The Morgan fingerprint density at radius 2 is 1.83 bits per heavy atom. The highest BCUT2D eigenvalue weighted by Crippen LogP contribution is 2.23. The van der Waals surface area contributed by atoms with Gasteiger partial charge in [-0.25, -0.2) is 9.40 Å². The van der Waals surface area contributed by atoms with Crippen molar-refractivity contribution in [3.8, 4) is 0 Å². The van der Waals surface area contributed by atoms with Crippen LogP contribution in [0, 0.1) is 5.82 Å². The van der Waals surface area contributed by atoms with Gasteiger partial charge in [0, 0.05) is 17.8 Å². The summed E-state index contributed by atoms with van der Waals surface area (Å²) in [5, 5.41) is 4.23. The number of hydrazine groups is 1.